The molecule has 2 rings (SSSR count). The number of hydrogen-bond donors (Lipinski definition) is 1. The first kappa shape index (κ1) is 8.32. The molecule has 0 fully saturated rings. The van der Waals surface area contributed by atoms with Gasteiger partial charge in [-0.2, -0.15) is 0 Å². The Morgan fingerprint density at radius 3 is 2.85 bits per heavy atom. The van der Waals surface area contributed by atoms with Crippen molar-refractivity contribution in [2.24, 2.45) is 0 Å². The molecule has 0 bridgehead atoms. The highest BCUT2D eigenvalue weighted by Gasteiger charge is 2.04. The number of hydrogen-bond acceptors (Lipinski definition) is 2. The topological polar surface area (TPSA) is 38.9 Å². The van der Waals surface area contributed by atoms with Crippen molar-refractivity contribution in [3.8, 4) is 0 Å². The number of anilines is 1. The van der Waals surface area contributed by atoms with Gasteiger partial charge in [0.2, 0.25) is 0 Å². The van der Waals surface area contributed by atoms with Crippen LogP contribution in [0.15, 0.2) is 24.4 Å². The molecule has 0 aliphatic carbocycles. The number of rotatable bonds is 0. The Balaban J connectivity index is 3.00. The van der Waals surface area contributed by atoms with Crippen molar-refractivity contribution in [2.75, 3.05) is 5.73 Å². The Kier molecular flexibility index (Phi) is 1.85. The van der Waals surface area contributed by atoms with E-state index in [0.29, 0.717) is 10.8 Å². The molecule has 0 saturated heterocycles. The van der Waals surface area contributed by atoms with Gasteiger partial charge in [-0.05, 0) is 12.5 Å². The summed E-state index contributed by atoms with van der Waals surface area (Å²) in [5, 5.41) is 2.43. The predicted octanol–water partition coefficient (Wildman–Crippen LogP) is 2.78. The van der Waals surface area contributed by atoms with Gasteiger partial charge < -0.3 is 5.73 Å². The highest BCUT2D eigenvalue weighted by atomic mass is 35.5. The molecule has 0 aliphatic heterocycles. The van der Waals surface area contributed by atoms with E-state index >= 15 is 0 Å². The summed E-state index contributed by atoms with van der Waals surface area (Å²) >= 11 is 5.93. The van der Waals surface area contributed by atoms with Gasteiger partial charge in [-0.1, -0.05) is 29.8 Å². The fraction of sp³-hybridized carbons (Fsp3) is 0.100. The van der Waals surface area contributed by atoms with Crippen molar-refractivity contribution in [3.05, 3.63) is 35.1 Å². The van der Waals surface area contributed by atoms with Crippen LogP contribution in [0.3, 0.4) is 0 Å². The van der Waals surface area contributed by atoms with Crippen molar-refractivity contribution < 1.29 is 0 Å². The molecule has 2 nitrogen and oxygen atoms in total. The molecule has 1 heterocycles. The molecular formula is C10H9ClN2. The van der Waals surface area contributed by atoms with Crippen LogP contribution in [0.1, 0.15) is 5.56 Å². The normalized spacial score (nSPS) is 10.6. The summed E-state index contributed by atoms with van der Waals surface area (Å²) in [6.45, 7) is 2.01. The van der Waals surface area contributed by atoms with Crippen LogP contribution in [-0.4, -0.2) is 4.98 Å². The van der Waals surface area contributed by atoms with Crippen molar-refractivity contribution in [3.63, 3.8) is 0 Å². The minimum Gasteiger partial charge on any atom is -0.397 e. The van der Waals surface area contributed by atoms with Gasteiger partial charge in [-0.25, -0.2) is 4.98 Å². The summed E-state index contributed by atoms with van der Waals surface area (Å²) in [6, 6.07) is 5.88. The van der Waals surface area contributed by atoms with Crippen LogP contribution in [0.25, 0.3) is 10.8 Å². The van der Waals surface area contributed by atoms with Gasteiger partial charge >= 0.3 is 0 Å². The predicted molar refractivity (Wildman–Crippen MR) is 55.9 cm³/mol. The fourth-order valence-electron chi connectivity index (χ4n) is 1.48. The molecule has 0 unspecified atom stereocenters. The third-order valence-corrected chi connectivity index (χ3v) is 2.40. The van der Waals surface area contributed by atoms with Crippen LogP contribution in [0, 0.1) is 6.92 Å². The minimum absolute atomic E-state index is 0.507. The molecule has 3 heteroatoms. The van der Waals surface area contributed by atoms with Crippen LogP contribution < -0.4 is 5.73 Å². The van der Waals surface area contributed by atoms with Gasteiger partial charge in [0.15, 0.2) is 0 Å². The first-order valence-electron chi connectivity index (χ1n) is 3.99. The van der Waals surface area contributed by atoms with E-state index in [4.69, 9.17) is 17.3 Å². The van der Waals surface area contributed by atoms with E-state index in [1.807, 2.05) is 25.1 Å². The summed E-state index contributed by atoms with van der Waals surface area (Å²) in [5.41, 5.74) is 7.61. The second-order valence-corrected chi connectivity index (χ2v) is 3.36. The molecule has 0 aliphatic rings. The molecule has 1 aromatic carbocycles. The Labute approximate surface area is 81.3 Å². The maximum atomic E-state index is 5.93. The Bertz CT molecular complexity index is 457. The lowest BCUT2D eigenvalue weighted by molar-refractivity contribution is 1.36. The lowest BCUT2D eigenvalue weighted by Crippen LogP contribution is -1.91. The Morgan fingerprint density at radius 1 is 1.38 bits per heavy atom. The molecular weight excluding hydrogens is 184 g/mol. The van der Waals surface area contributed by atoms with Crippen molar-refractivity contribution >= 4 is 28.1 Å². The number of nitrogens with two attached hydrogens (primary N) is 1. The largest absolute Gasteiger partial charge is 0.397 e. The van der Waals surface area contributed by atoms with Crippen molar-refractivity contribution in [2.45, 2.75) is 6.92 Å². The summed E-state index contributed by atoms with van der Waals surface area (Å²) in [5.74, 6) is 0. The molecule has 0 spiro atoms. The maximum Gasteiger partial charge on any atom is 0.136 e. The Morgan fingerprint density at radius 2 is 2.15 bits per heavy atom. The second-order valence-electron chi connectivity index (χ2n) is 3.00. The van der Waals surface area contributed by atoms with Gasteiger partial charge in [-0.15, -0.1) is 0 Å². The van der Waals surface area contributed by atoms with Crippen LogP contribution in [0.2, 0.25) is 5.15 Å². The number of aryl methyl sites for hydroxylation is 1. The minimum atomic E-state index is 0.507. The lowest BCUT2D eigenvalue weighted by Gasteiger charge is -2.05. The zero-order chi connectivity index (χ0) is 9.42. The average Bonchev–Trinajstić information content (AvgIpc) is 2.12. The van der Waals surface area contributed by atoms with Crippen molar-refractivity contribution in [1.29, 1.82) is 0 Å². The quantitative estimate of drug-likeness (QED) is 0.652. The highest BCUT2D eigenvalue weighted by Crippen LogP contribution is 2.28. The van der Waals surface area contributed by atoms with Crippen LogP contribution in [0.5, 0.6) is 0 Å². The number of pyridine rings is 1. The molecule has 2 N–H and O–H groups in total. The molecule has 13 heavy (non-hydrogen) atoms. The molecule has 0 saturated carbocycles. The first-order valence-corrected chi connectivity index (χ1v) is 4.37. The SMILES string of the molecule is Cc1cccc2c(Cl)ncc(N)c12. The van der Waals surface area contributed by atoms with Crippen LogP contribution in [0.4, 0.5) is 5.69 Å². The smallest absolute Gasteiger partial charge is 0.136 e. The summed E-state index contributed by atoms with van der Waals surface area (Å²) in [4.78, 5) is 3.99. The maximum absolute atomic E-state index is 5.93. The summed E-state index contributed by atoms with van der Waals surface area (Å²) in [7, 11) is 0. The van der Waals surface area contributed by atoms with Gasteiger partial charge in [-0.3, -0.25) is 0 Å². The highest BCUT2D eigenvalue weighted by molar-refractivity contribution is 6.34. The lowest BCUT2D eigenvalue weighted by atomic mass is 10.1. The third-order valence-electron chi connectivity index (χ3n) is 2.10. The number of benzene rings is 1. The van der Waals surface area contributed by atoms with Gasteiger partial charge in [0.1, 0.15) is 5.15 Å². The van der Waals surface area contributed by atoms with Crippen molar-refractivity contribution in [1.82, 2.24) is 4.98 Å². The second kappa shape index (κ2) is 2.89. The number of fused-ring (bicyclic) bond motifs is 1. The molecule has 66 valence electrons. The van der Waals surface area contributed by atoms with Gasteiger partial charge in [0.25, 0.3) is 0 Å². The van der Waals surface area contributed by atoms with E-state index < -0.39 is 0 Å². The molecule has 1 aromatic heterocycles. The number of nitrogen functional groups attached to an aromatic ring is 1. The van der Waals surface area contributed by atoms with E-state index in [-0.39, 0.29) is 0 Å². The number of aromatic nitrogens is 1. The summed E-state index contributed by atoms with van der Waals surface area (Å²) < 4.78 is 0. The monoisotopic (exact) mass is 192 g/mol. The molecule has 2 aromatic rings. The standard InChI is InChI=1S/C10H9ClN2/c1-6-3-2-4-7-9(6)8(12)5-13-10(7)11/h2-5H,12H2,1H3. The van der Waals surface area contributed by atoms with E-state index in [1.54, 1.807) is 6.20 Å². The first-order chi connectivity index (χ1) is 6.20. The van der Waals surface area contributed by atoms with E-state index in [0.717, 1.165) is 16.3 Å². The molecule has 0 amide bonds. The van der Waals surface area contributed by atoms with E-state index in [2.05, 4.69) is 4.98 Å². The van der Waals surface area contributed by atoms with E-state index in [9.17, 15) is 0 Å². The molecule has 0 atom stereocenters. The number of halogens is 1. The number of nitrogens with zero attached hydrogens (tertiary/aromatic N) is 1. The van der Waals surface area contributed by atoms with Crippen LogP contribution in [-0.2, 0) is 0 Å². The average molecular weight is 193 g/mol. The summed E-state index contributed by atoms with van der Waals surface area (Å²) in [6.07, 6.45) is 1.59. The third kappa shape index (κ3) is 1.23. The Hall–Kier alpha value is -1.28. The van der Waals surface area contributed by atoms with Crippen LogP contribution >= 0.6 is 11.6 Å². The fourth-order valence-corrected chi connectivity index (χ4v) is 1.69. The van der Waals surface area contributed by atoms with Gasteiger partial charge in [0.05, 0.1) is 11.9 Å². The zero-order valence-electron chi connectivity index (χ0n) is 7.21. The van der Waals surface area contributed by atoms with E-state index in [1.165, 1.54) is 0 Å². The van der Waals surface area contributed by atoms with Gasteiger partial charge in [0, 0.05) is 10.8 Å². The zero-order valence-corrected chi connectivity index (χ0v) is 7.97. The molecule has 0 radical (unpaired) electrons.